The van der Waals surface area contributed by atoms with Crippen LogP contribution in [0.25, 0.3) is 0 Å². The van der Waals surface area contributed by atoms with Crippen molar-refractivity contribution in [1.29, 1.82) is 0 Å². The molecular formula is C8H12N6O2. The number of nitrogens with two attached hydrogens (primary N) is 1. The number of hydrogen-bond acceptors (Lipinski definition) is 5. The number of anilines is 1. The van der Waals surface area contributed by atoms with E-state index in [0.717, 1.165) is 0 Å². The summed E-state index contributed by atoms with van der Waals surface area (Å²) in [7, 11) is 0. The number of carbonyl (C=O) groups is 2. The maximum Gasteiger partial charge on any atom is 0.272 e. The number of carbonyl (C=O) groups excluding carboxylic acids is 2. The van der Waals surface area contributed by atoms with Crippen molar-refractivity contribution in [2.24, 2.45) is 11.7 Å². The van der Waals surface area contributed by atoms with Gasteiger partial charge in [0, 0.05) is 13.0 Å². The van der Waals surface area contributed by atoms with Crippen molar-refractivity contribution < 1.29 is 9.59 Å². The molecular weight excluding hydrogens is 212 g/mol. The number of hydrogen-bond donors (Lipinski definition) is 1. The fourth-order valence-electron chi connectivity index (χ4n) is 1.57. The Morgan fingerprint density at radius 2 is 2.38 bits per heavy atom. The first-order chi connectivity index (χ1) is 7.61. The molecule has 1 saturated heterocycles. The SMILES string of the molecule is CCn1nnc(N2C[C@H](C(N)=O)CC2=O)n1. The molecule has 0 saturated carbocycles. The average Bonchev–Trinajstić information content (AvgIpc) is 2.83. The van der Waals surface area contributed by atoms with Crippen LogP contribution in [0.1, 0.15) is 13.3 Å². The molecule has 2 heterocycles. The van der Waals surface area contributed by atoms with Crippen molar-refractivity contribution in [1.82, 2.24) is 20.2 Å². The Bertz CT molecular complexity index is 428. The van der Waals surface area contributed by atoms with Gasteiger partial charge in [-0.3, -0.25) is 14.5 Å². The van der Waals surface area contributed by atoms with E-state index in [1.807, 2.05) is 6.92 Å². The fourth-order valence-corrected chi connectivity index (χ4v) is 1.57. The molecule has 0 bridgehead atoms. The summed E-state index contributed by atoms with van der Waals surface area (Å²) >= 11 is 0. The van der Waals surface area contributed by atoms with E-state index in [2.05, 4.69) is 15.4 Å². The van der Waals surface area contributed by atoms with E-state index in [-0.39, 0.29) is 24.8 Å². The van der Waals surface area contributed by atoms with Gasteiger partial charge in [0.1, 0.15) is 0 Å². The van der Waals surface area contributed by atoms with Crippen LogP contribution in [0.5, 0.6) is 0 Å². The molecule has 2 amide bonds. The van der Waals surface area contributed by atoms with Crippen molar-refractivity contribution in [3.8, 4) is 0 Å². The van der Waals surface area contributed by atoms with Crippen LogP contribution in [0.15, 0.2) is 0 Å². The minimum absolute atomic E-state index is 0.121. The predicted molar refractivity (Wildman–Crippen MR) is 53.1 cm³/mol. The third kappa shape index (κ3) is 1.73. The molecule has 1 aliphatic heterocycles. The monoisotopic (exact) mass is 224 g/mol. The number of nitrogens with zero attached hydrogens (tertiary/aromatic N) is 5. The number of tetrazole rings is 1. The lowest BCUT2D eigenvalue weighted by molar-refractivity contribution is -0.123. The average molecular weight is 224 g/mol. The number of primary amides is 1. The second-order valence-electron chi connectivity index (χ2n) is 3.59. The highest BCUT2D eigenvalue weighted by molar-refractivity contribution is 5.98. The minimum atomic E-state index is -0.473. The zero-order valence-electron chi connectivity index (χ0n) is 8.83. The highest BCUT2D eigenvalue weighted by Gasteiger charge is 2.35. The second kappa shape index (κ2) is 3.87. The molecule has 0 spiro atoms. The molecule has 0 radical (unpaired) electrons. The van der Waals surface area contributed by atoms with Gasteiger partial charge in [-0.05, 0) is 12.1 Å². The van der Waals surface area contributed by atoms with Gasteiger partial charge in [0.2, 0.25) is 11.8 Å². The summed E-state index contributed by atoms with van der Waals surface area (Å²) in [5, 5.41) is 11.5. The summed E-state index contributed by atoms with van der Waals surface area (Å²) in [6, 6.07) is 0. The summed E-state index contributed by atoms with van der Waals surface area (Å²) in [5.41, 5.74) is 5.15. The lowest BCUT2D eigenvalue weighted by atomic mass is 10.1. The van der Waals surface area contributed by atoms with Crippen molar-refractivity contribution in [2.45, 2.75) is 19.9 Å². The predicted octanol–water partition coefficient (Wildman–Crippen LogP) is -1.47. The Morgan fingerprint density at radius 3 is 2.88 bits per heavy atom. The van der Waals surface area contributed by atoms with Gasteiger partial charge in [0.25, 0.3) is 5.95 Å². The molecule has 86 valence electrons. The number of aryl methyl sites for hydroxylation is 1. The van der Waals surface area contributed by atoms with Crippen LogP contribution in [0.4, 0.5) is 5.95 Å². The van der Waals surface area contributed by atoms with Crippen molar-refractivity contribution in [3.63, 3.8) is 0 Å². The van der Waals surface area contributed by atoms with E-state index in [9.17, 15) is 9.59 Å². The molecule has 1 atom stereocenters. The Hall–Kier alpha value is -1.99. The Kier molecular flexibility index (Phi) is 2.55. The van der Waals surface area contributed by atoms with Crippen LogP contribution in [-0.2, 0) is 16.1 Å². The van der Waals surface area contributed by atoms with Crippen molar-refractivity contribution in [2.75, 3.05) is 11.4 Å². The minimum Gasteiger partial charge on any atom is -0.369 e. The molecule has 1 aromatic heterocycles. The Morgan fingerprint density at radius 1 is 1.62 bits per heavy atom. The lowest BCUT2D eigenvalue weighted by Gasteiger charge is -2.09. The molecule has 8 nitrogen and oxygen atoms in total. The van der Waals surface area contributed by atoms with E-state index in [0.29, 0.717) is 6.54 Å². The molecule has 2 N–H and O–H groups in total. The summed E-state index contributed by atoms with van der Waals surface area (Å²) < 4.78 is 0. The molecule has 1 aliphatic rings. The quantitative estimate of drug-likeness (QED) is 0.674. The van der Waals surface area contributed by atoms with E-state index in [4.69, 9.17) is 5.73 Å². The standard InChI is InChI=1S/C8H12N6O2/c1-2-14-11-8(10-12-14)13-4-5(7(9)16)3-6(13)15/h5H,2-4H2,1H3,(H2,9,16)/t5-/m1/s1. The third-order valence-corrected chi connectivity index (χ3v) is 2.49. The molecule has 1 aromatic rings. The van der Waals surface area contributed by atoms with Gasteiger partial charge in [0.15, 0.2) is 0 Å². The van der Waals surface area contributed by atoms with E-state index >= 15 is 0 Å². The summed E-state index contributed by atoms with van der Waals surface area (Å²) in [4.78, 5) is 25.3. The third-order valence-electron chi connectivity index (χ3n) is 2.49. The number of amides is 2. The maximum absolute atomic E-state index is 11.6. The van der Waals surface area contributed by atoms with Gasteiger partial charge < -0.3 is 5.73 Å². The molecule has 1 fully saturated rings. The van der Waals surface area contributed by atoms with Gasteiger partial charge in [-0.25, -0.2) is 0 Å². The van der Waals surface area contributed by atoms with Crippen LogP contribution >= 0.6 is 0 Å². The first kappa shape index (κ1) is 10.5. The molecule has 16 heavy (non-hydrogen) atoms. The lowest BCUT2D eigenvalue weighted by Crippen LogP contribution is -2.29. The van der Waals surface area contributed by atoms with Gasteiger partial charge in [-0.15, -0.1) is 5.10 Å². The topological polar surface area (TPSA) is 107 Å². The molecule has 2 rings (SSSR count). The van der Waals surface area contributed by atoms with Crippen molar-refractivity contribution >= 4 is 17.8 Å². The van der Waals surface area contributed by atoms with Gasteiger partial charge in [0.05, 0.1) is 12.5 Å². The smallest absolute Gasteiger partial charge is 0.272 e. The van der Waals surface area contributed by atoms with Crippen LogP contribution in [0.2, 0.25) is 0 Å². The van der Waals surface area contributed by atoms with Gasteiger partial charge in [-0.1, -0.05) is 5.10 Å². The molecule has 8 heteroatoms. The zero-order valence-corrected chi connectivity index (χ0v) is 8.83. The van der Waals surface area contributed by atoms with Crippen LogP contribution in [0.3, 0.4) is 0 Å². The van der Waals surface area contributed by atoms with Gasteiger partial charge >= 0.3 is 0 Å². The van der Waals surface area contributed by atoms with Crippen LogP contribution < -0.4 is 10.6 Å². The Balaban J connectivity index is 2.16. The highest BCUT2D eigenvalue weighted by Crippen LogP contribution is 2.20. The van der Waals surface area contributed by atoms with Gasteiger partial charge in [-0.2, -0.15) is 4.80 Å². The van der Waals surface area contributed by atoms with E-state index < -0.39 is 11.8 Å². The molecule has 0 aliphatic carbocycles. The fraction of sp³-hybridized carbons (Fsp3) is 0.625. The zero-order chi connectivity index (χ0) is 11.7. The normalized spacial score (nSPS) is 20.4. The molecule has 0 unspecified atom stereocenters. The number of aromatic nitrogens is 4. The first-order valence-electron chi connectivity index (χ1n) is 4.99. The molecule has 0 aromatic carbocycles. The van der Waals surface area contributed by atoms with Crippen molar-refractivity contribution in [3.05, 3.63) is 0 Å². The van der Waals surface area contributed by atoms with E-state index in [1.165, 1.54) is 9.70 Å². The summed E-state index contributed by atoms with van der Waals surface area (Å²) in [6.45, 7) is 2.68. The Labute approximate surface area is 91.4 Å². The summed E-state index contributed by atoms with van der Waals surface area (Å²) in [6.07, 6.45) is 0.121. The first-order valence-corrected chi connectivity index (χ1v) is 4.99. The largest absolute Gasteiger partial charge is 0.369 e. The van der Waals surface area contributed by atoms with E-state index in [1.54, 1.807) is 0 Å². The summed E-state index contributed by atoms with van der Waals surface area (Å²) in [5.74, 6) is -0.894. The second-order valence-corrected chi connectivity index (χ2v) is 3.59. The van der Waals surface area contributed by atoms with Crippen LogP contribution in [0, 0.1) is 5.92 Å². The highest BCUT2D eigenvalue weighted by atomic mass is 16.2. The maximum atomic E-state index is 11.6. The van der Waals surface area contributed by atoms with Crippen LogP contribution in [-0.4, -0.2) is 38.6 Å². The number of rotatable bonds is 3.